The predicted molar refractivity (Wildman–Crippen MR) is 103 cm³/mol. The second kappa shape index (κ2) is 9.28. The minimum absolute atomic E-state index is 0.125. The number of carbonyl (C=O) groups is 1. The Morgan fingerprint density at radius 1 is 1.15 bits per heavy atom. The van der Waals surface area contributed by atoms with E-state index >= 15 is 0 Å². The SMILES string of the molecule is O=C(COc1ccc(Br)cc1)NCC(c1ccc(F)cc1F)N1CCCC1. The second-order valence-corrected chi connectivity index (χ2v) is 7.39. The highest BCUT2D eigenvalue weighted by Gasteiger charge is 2.26. The van der Waals surface area contributed by atoms with Gasteiger partial charge in [-0.3, -0.25) is 9.69 Å². The van der Waals surface area contributed by atoms with E-state index in [-0.39, 0.29) is 25.1 Å². The topological polar surface area (TPSA) is 41.6 Å². The molecule has 0 radical (unpaired) electrons. The van der Waals surface area contributed by atoms with Crippen LogP contribution in [0.2, 0.25) is 0 Å². The zero-order valence-electron chi connectivity index (χ0n) is 14.8. The van der Waals surface area contributed by atoms with Gasteiger partial charge in [0.15, 0.2) is 6.61 Å². The first-order chi connectivity index (χ1) is 13.0. The lowest BCUT2D eigenvalue weighted by Crippen LogP contribution is -2.39. The summed E-state index contributed by atoms with van der Waals surface area (Å²) in [7, 11) is 0. The summed E-state index contributed by atoms with van der Waals surface area (Å²) in [5.74, 6) is -0.894. The quantitative estimate of drug-likeness (QED) is 0.708. The first-order valence-corrected chi connectivity index (χ1v) is 9.66. The van der Waals surface area contributed by atoms with E-state index in [1.54, 1.807) is 12.1 Å². The van der Waals surface area contributed by atoms with Crippen LogP contribution in [-0.2, 0) is 4.79 Å². The van der Waals surface area contributed by atoms with Gasteiger partial charge in [0.25, 0.3) is 5.91 Å². The highest BCUT2D eigenvalue weighted by atomic mass is 79.9. The standard InChI is InChI=1S/C20H21BrF2N2O2/c21-14-3-6-16(7-4-14)27-13-20(26)24-12-19(25-9-1-2-10-25)17-8-5-15(22)11-18(17)23/h3-8,11,19H,1-2,9-10,12-13H2,(H,24,26). The van der Waals surface area contributed by atoms with Crippen LogP contribution in [-0.4, -0.2) is 37.0 Å². The van der Waals surface area contributed by atoms with Crippen LogP contribution in [0.15, 0.2) is 46.9 Å². The minimum atomic E-state index is -0.608. The Morgan fingerprint density at radius 3 is 2.52 bits per heavy atom. The van der Waals surface area contributed by atoms with Crippen molar-refractivity contribution in [3.05, 3.63) is 64.1 Å². The maximum absolute atomic E-state index is 14.3. The van der Waals surface area contributed by atoms with Gasteiger partial charge in [0.1, 0.15) is 17.4 Å². The van der Waals surface area contributed by atoms with Crippen LogP contribution in [0.1, 0.15) is 24.4 Å². The minimum Gasteiger partial charge on any atom is -0.484 e. The van der Waals surface area contributed by atoms with Crippen LogP contribution in [0.25, 0.3) is 0 Å². The van der Waals surface area contributed by atoms with Crippen LogP contribution in [0.4, 0.5) is 8.78 Å². The van der Waals surface area contributed by atoms with Gasteiger partial charge in [-0.2, -0.15) is 0 Å². The Morgan fingerprint density at radius 2 is 1.85 bits per heavy atom. The third kappa shape index (κ3) is 5.49. The Balaban J connectivity index is 1.60. The summed E-state index contributed by atoms with van der Waals surface area (Å²) in [4.78, 5) is 14.3. The first kappa shape index (κ1) is 19.8. The molecule has 0 saturated carbocycles. The van der Waals surface area contributed by atoms with E-state index in [1.807, 2.05) is 12.1 Å². The van der Waals surface area contributed by atoms with E-state index < -0.39 is 11.6 Å². The normalized spacial score (nSPS) is 15.5. The van der Waals surface area contributed by atoms with Gasteiger partial charge in [-0.15, -0.1) is 0 Å². The van der Waals surface area contributed by atoms with Crippen LogP contribution < -0.4 is 10.1 Å². The molecule has 0 spiro atoms. The van der Waals surface area contributed by atoms with Gasteiger partial charge in [0, 0.05) is 22.6 Å². The van der Waals surface area contributed by atoms with Crippen molar-refractivity contribution >= 4 is 21.8 Å². The third-order valence-electron chi connectivity index (χ3n) is 4.58. The number of rotatable bonds is 7. The average molecular weight is 439 g/mol. The number of hydrogen-bond donors (Lipinski definition) is 1. The molecule has 1 aliphatic heterocycles. The van der Waals surface area contributed by atoms with Gasteiger partial charge in [0.2, 0.25) is 0 Å². The maximum Gasteiger partial charge on any atom is 0.258 e. The van der Waals surface area contributed by atoms with Crippen molar-refractivity contribution < 1.29 is 18.3 Å². The number of amides is 1. The van der Waals surface area contributed by atoms with Crippen molar-refractivity contribution in [3.63, 3.8) is 0 Å². The number of ether oxygens (including phenoxy) is 1. The van der Waals surface area contributed by atoms with Crippen molar-refractivity contribution in [2.24, 2.45) is 0 Å². The molecule has 1 N–H and O–H groups in total. The number of benzene rings is 2. The average Bonchev–Trinajstić information content (AvgIpc) is 3.17. The molecule has 0 aromatic heterocycles. The van der Waals surface area contributed by atoms with E-state index in [1.165, 1.54) is 12.1 Å². The molecule has 1 amide bonds. The maximum atomic E-state index is 14.3. The van der Waals surface area contributed by atoms with Crippen LogP contribution >= 0.6 is 15.9 Å². The molecule has 1 aliphatic rings. The summed E-state index contributed by atoms with van der Waals surface area (Å²) in [6.45, 7) is 1.77. The monoisotopic (exact) mass is 438 g/mol. The summed E-state index contributed by atoms with van der Waals surface area (Å²) in [5, 5.41) is 2.81. The van der Waals surface area contributed by atoms with Crippen LogP contribution in [0, 0.1) is 11.6 Å². The summed E-state index contributed by atoms with van der Waals surface area (Å²) in [6.07, 6.45) is 2.06. The molecular formula is C20H21BrF2N2O2. The Labute approximate surface area is 165 Å². The molecule has 4 nitrogen and oxygen atoms in total. The summed E-state index contributed by atoms with van der Waals surface area (Å²) >= 11 is 3.34. The highest BCUT2D eigenvalue weighted by molar-refractivity contribution is 9.10. The molecule has 1 atom stereocenters. The molecule has 27 heavy (non-hydrogen) atoms. The molecule has 2 aromatic rings. The van der Waals surface area contributed by atoms with Gasteiger partial charge in [-0.1, -0.05) is 22.0 Å². The predicted octanol–water partition coefficient (Wildman–Crippen LogP) is 4.06. The fourth-order valence-electron chi connectivity index (χ4n) is 3.20. The number of hydrogen-bond acceptors (Lipinski definition) is 3. The smallest absolute Gasteiger partial charge is 0.258 e. The van der Waals surface area contributed by atoms with E-state index in [4.69, 9.17) is 4.74 Å². The molecular weight excluding hydrogens is 418 g/mol. The molecule has 144 valence electrons. The lowest BCUT2D eigenvalue weighted by atomic mass is 10.0. The lowest BCUT2D eigenvalue weighted by Gasteiger charge is -2.28. The van der Waals surface area contributed by atoms with Crippen LogP contribution in [0.5, 0.6) is 5.75 Å². The number of carbonyl (C=O) groups excluding carboxylic acids is 1. The largest absolute Gasteiger partial charge is 0.484 e. The molecule has 7 heteroatoms. The third-order valence-corrected chi connectivity index (χ3v) is 5.11. The molecule has 1 fully saturated rings. The number of nitrogens with one attached hydrogen (secondary N) is 1. The second-order valence-electron chi connectivity index (χ2n) is 6.47. The number of likely N-dealkylation sites (tertiary alicyclic amines) is 1. The Bertz CT molecular complexity index is 780. The van der Waals surface area contributed by atoms with Gasteiger partial charge >= 0.3 is 0 Å². The van der Waals surface area contributed by atoms with Crippen molar-refractivity contribution in [2.75, 3.05) is 26.2 Å². The van der Waals surface area contributed by atoms with Crippen LogP contribution in [0.3, 0.4) is 0 Å². The van der Waals surface area contributed by atoms with Crippen molar-refractivity contribution in [1.29, 1.82) is 0 Å². The van der Waals surface area contributed by atoms with E-state index in [9.17, 15) is 13.6 Å². The fourth-order valence-corrected chi connectivity index (χ4v) is 3.47. The molecule has 1 saturated heterocycles. The van der Waals surface area contributed by atoms with E-state index in [0.717, 1.165) is 36.5 Å². The van der Waals surface area contributed by atoms with Gasteiger partial charge < -0.3 is 10.1 Å². The summed E-state index contributed by atoms with van der Waals surface area (Å²) < 4.78 is 33.9. The van der Waals surface area contributed by atoms with E-state index in [0.29, 0.717) is 11.3 Å². The Kier molecular flexibility index (Phi) is 6.79. The van der Waals surface area contributed by atoms with Crippen molar-refractivity contribution in [1.82, 2.24) is 10.2 Å². The highest BCUT2D eigenvalue weighted by Crippen LogP contribution is 2.27. The van der Waals surface area contributed by atoms with Gasteiger partial charge in [-0.05, 0) is 56.3 Å². The lowest BCUT2D eigenvalue weighted by molar-refractivity contribution is -0.123. The number of nitrogens with zero attached hydrogens (tertiary/aromatic N) is 1. The molecule has 1 heterocycles. The first-order valence-electron chi connectivity index (χ1n) is 8.87. The van der Waals surface area contributed by atoms with Gasteiger partial charge in [-0.25, -0.2) is 8.78 Å². The van der Waals surface area contributed by atoms with Crippen molar-refractivity contribution in [3.8, 4) is 5.75 Å². The molecule has 0 bridgehead atoms. The zero-order valence-corrected chi connectivity index (χ0v) is 16.3. The van der Waals surface area contributed by atoms with E-state index in [2.05, 4.69) is 26.1 Å². The molecule has 3 rings (SSSR count). The van der Waals surface area contributed by atoms with Gasteiger partial charge in [0.05, 0.1) is 6.04 Å². The Hall–Kier alpha value is -1.99. The summed E-state index contributed by atoms with van der Waals surface area (Å²) in [5.41, 5.74) is 0.396. The van der Waals surface area contributed by atoms with Crippen molar-refractivity contribution in [2.45, 2.75) is 18.9 Å². The summed E-state index contributed by atoms with van der Waals surface area (Å²) in [6, 6.07) is 10.4. The molecule has 2 aromatic carbocycles. The molecule has 0 aliphatic carbocycles. The molecule has 1 unspecified atom stereocenters. The number of halogens is 3. The zero-order chi connectivity index (χ0) is 19.2. The fraction of sp³-hybridized carbons (Fsp3) is 0.350.